The van der Waals surface area contributed by atoms with Crippen molar-refractivity contribution in [3.8, 4) is 0 Å². The Morgan fingerprint density at radius 3 is 1.47 bits per heavy atom. The lowest BCUT2D eigenvalue weighted by atomic mass is 9.81. The maximum atomic E-state index is 2.56. The molecule has 49 heavy (non-hydrogen) atoms. The summed E-state index contributed by atoms with van der Waals surface area (Å²) in [5.41, 5.74) is 11.4. The zero-order chi connectivity index (χ0) is 35.5. The predicted octanol–water partition coefficient (Wildman–Crippen LogP) is 12.2. The Kier molecular flexibility index (Phi) is 9.16. The molecule has 0 atom stereocenters. The van der Waals surface area contributed by atoms with E-state index in [-0.39, 0.29) is 21.7 Å². The van der Waals surface area contributed by atoms with Crippen molar-refractivity contribution in [3.63, 3.8) is 0 Å². The van der Waals surface area contributed by atoms with Crippen LogP contribution in [0.1, 0.15) is 128 Å². The van der Waals surface area contributed by atoms with E-state index in [2.05, 4.69) is 186 Å². The van der Waals surface area contributed by atoms with Crippen LogP contribution in [-0.2, 0) is 28.1 Å². The number of allylic oxidation sites excluding steroid dienone is 1. The molecule has 0 bridgehead atoms. The highest BCUT2D eigenvalue weighted by molar-refractivity contribution is 7.80. The topological polar surface area (TPSA) is 0 Å². The summed E-state index contributed by atoms with van der Waals surface area (Å²) >= 11 is 0. The summed E-state index contributed by atoms with van der Waals surface area (Å²) in [5.74, 6) is 0. The summed E-state index contributed by atoms with van der Waals surface area (Å²) in [6.45, 7) is 28.4. The van der Waals surface area contributed by atoms with Gasteiger partial charge in [-0.25, -0.2) is 0 Å². The Morgan fingerprint density at radius 2 is 0.959 bits per heavy atom. The number of benzene rings is 5. The molecule has 1 aliphatic carbocycles. The molecule has 0 aliphatic heterocycles. The Bertz CT molecular complexity index is 1900. The molecule has 254 valence electrons. The van der Waals surface area contributed by atoms with Crippen LogP contribution in [0, 0.1) is 0 Å². The van der Waals surface area contributed by atoms with Crippen LogP contribution in [0.25, 0.3) is 16.3 Å². The maximum absolute atomic E-state index is 2.56. The van der Waals surface area contributed by atoms with Gasteiger partial charge in [0.05, 0.1) is 0 Å². The van der Waals surface area contributed by atoms with Crippen molar-refractivity contribution in [3.05, 3.63) is 142 Å². The van der Waals surface area contributed by atoms with Crippen molar-refractivity contribution in [2.45, 2.75) is 118 Å². The molecule has 0 radical (unpaired) electrons. The van der Waals surface area contributed by atoms with Crippen molar-refractivity contribution < 1.29 is 0 Å². The van der Waals surface area contributed by atoms with Gasteiger partial charge in [-0.15, -0.1) is 0 Å². The quantitative estimate of drug-likeness (QED) is 0.168. The Labute approximate surface area is 298 Å². The summed E-state index contributed by atoms with van der Waals surface area (Å²) in [6.07, 6.45) is 4.69. The van der Waals surface area contributed by atoms with Gasteiger partial charge in [0.25, 0.3) is 0 Å². The van der Waals surface area contributed by atoms with Gasteiger partial charge in [-0.1, -0.05) is 186 Å². The van der Waals surface area contributed by atoms with E-state index in [4.69, 9.17) is 0 Å². The van der Waals surface area contributed by atoms with E-state index in [1.54, 1.807) is 0 Å². The Balaban J connectivity index is 1.78. The number of fused-ring (bicyclic) bond motifs is 2. The number of rotatable bonds is 4. The molecule has 0 nitrogen and oxygen atoms in total. The first kappa shape index (κ1) is 35.4. The average molecular weight is 665 g/mol. The van der Waals surface area contributed by atoms with Crippen LogP contribution in [0.4, 0.5) is 0 Å². The summed E-state index contributed by atoms with van der Waals surface area (Å²) in [4.78, 5) is 0. The Hall–Kier alpha value is -3.47. The molecule has 0 heterocycles. The van der Waals surface area contributed by atoms with Gasteiger partial charge in [-0.3, -0.25) is 0 Å². The van der Waals surface area contributed by atoms with E-state index in [1.807, 2.05) is 0 Å². The molecular formula is C48H57P. The van der Waals surface area contributed by atoms with Crippen molar-refractivity contribution in [2.75, 3.05) is 0 Å². The molecule has 0 saturated carbocycles. The van der Waals surface area contributed by atoms with Gasteiger partial charge in [0.15, 0.2) is 0 Å². The second-order valence-electron chi connectivity index (χ2n) is 18.4. The van der Waals surface area contributed by atoms with Gasteiger partial charge in [0.2, 0.25) is 0 Å². The fourth-order valence-electron chi connectivity index (χ4n) is 7.09. The van der Waals surface area contributed by atoms with Crippen LogP contribution in [0.3, 0.4) is 0 Å². The van der Waals surface area contributed by atoms with Crippen LogP contribution in [0.5, 0.6) is 0 Å². The molecule has 6 rings (SSSR count). The Morgan fingerprint density at radius 1 is 0.490 bits per heavy atom. The molecule has 1 heteroatoms. The number of aryl methyl sites for hydroxylation is 1. The minimum absolute atomic E-state index is 0.0257. The summed E-state index contributed by atoms with van der Waals surface area (Å²) in [7, 11) is -0.948. The summed E-state index contributed by atoms with van der Waals surface area (Å²) < 4.78 is 0. The smallest absolute Gasteiger partial charge is 0.00188 e. The van der Waals surface area contributed by atoms with E-state index < -0.39 is 7.92 Å². The molecule has 0 spiro atoms. The third-order valence-electron chi connectivity index (χ3n) is 10.3. The minimum Gasteiger partial charge on any atom is -0.0757 e. The van der Waals surface area contributed by atoms with Gasteiger partial charge < -0.3 is 0 Å². The summed E-state index contributed by atoms with van der Waals surface area (Å²) in [5, 5.41) is 6.99. The third kappa shape index (κ3) is 7.23. The van der Waals surface area contributed by atoms with Crippen LogP contribution in [0.15, 0.2) is 103 Å². The lowest BCUT2D eigenvalue weighted by Crippen LogP contribution is -2.29. The zero-order valence-electron chi connectivity index (χ0n) is 32.2. The highest BCUT2D eigenvalue weighted by Crippen LogP contribution is 2.45. The standard InChI is InChI=1S/C48H57P/c1-45(2,3)34-26-35(46(4,5)6)29-38(28-34)49(39-30-36(47(7,8)9)27-37(31-39)48(10,11)12)43-25-24-33-19-14-16-22-41(33)44(43)42-23-17-20-32-18-13-15-21-40(32)42/h13-16,18-19,21-31H,17,20H2,1-12H3. The maximum Gasteiger partial charge on any atom is -0.00188 e. The molecule has 0 unspecified atom stereocenters. The van der Waals surface area contributed by atoms with Crippen molar-refractivity contribution in [2.24, 2.45) is 0 Å². The molecule has 0 N–H and O–H groups in total. The molecular weight excluding hydrogens is 608 g/mol. The van der Waals surface area contributed by atoms with Crippen molar-refractivity contribution >= 4 is 40.2 Å². The predicted molar refractivity (Wildman–Crippen MR) is 219 cm³/mol. The van der Waals surface area contributed by atoms with Gasteiger partial charge in [-0.2, -0.15) is 0 Å². The monoisotopic (exact) mass is 664 g/mol. The van der Waals surface area contributed by atoms with Crippen LogP contribution in [-0.4, -0.2) is 0 Å². The fraction of sp³-hybridized carbons (Fsp3) is 0.375. The lowest BCUT2D eigenvalue weighted by molar-refractivity contribution is 0.569. The normalized spacial score (nSPS) is 14.3. The highest BCUT2D eigenvalue weighted by Gasteiger charge is 2.31. The van der Waals surface area contributed by atoms with Crippen LogP contribution < -0.4 is 15.9 Å². The van der Waals surface area contributed by atoms with Crippen LogP contribution in [0.2, 0.25) is 0 Å². The first-order valence-corrected chi connectivity index (χ1v) is 19.6. The van der Waals surface area contributed by atoms with E-state index in [1.165, 1.54) is 71.2 Å². The highest BCUT2D eigenvalue weighted by atomic mass is 31.1. The van der Waals surface area contributed by atoms with E-state index in [0.29, 0.717) is 0 Å². The van der Waals surface area contributed by atoms with Crippen molar-refractivity contribution in [1.82, 2.24) is 0 Å². The largest absolute Gasteiger partial charge is 0.0757 e. The van der Waals surface area contributed by atoms with E-state index >= 15 is 0 Å². The SMILES string of the molecule is CC(C)(C)c1cc(P(c2cc(C(C)(C)C)cc(C(C)(C)C)c2)c2ccc3ccccc3c2C2=CCCc3ccccc32)cc(C(C)(C)C)c1. The third-order valence-corrected chi connectivity index (χ3v) is 12.7. The van der Waals surface area contributed by atoms with Crippen LogP contribution >= 0.6 is 7.92 Å². The molecule has 1 aliphatic rings. The zero-order valence-corrected chi connectivity index (χ0v) is 33.1. The second kappa shape index (κ2) is 12.7. The first-order valence-electron chi connectivity index (χ1n) is 18.3. The fourth-order valence-corrected chi connectivity index (χ4v) is 9.70. The van der Waals surface area contributed by atoms with Crippen molar-refractivity contribution in [1.29, 1.82) is 0 Å². The van der Waals surface area contributed by atoms with Gasteiger partial charge in [0, 0.05) is 0 Å². The van der Waals surface area contributed by atoms with Gasteiger partial charge >= 0.3 is 0 Å². The number of hydrogen-bond acceptors (Lipinski definition) is 0. The van der Waals surface area contributed by atoms with Gasteiger partial charge in [0.1, 0.15) is 0 Å². The molecule has 0 saturated heterocycles. The molecule has 0 fully saturated rings. The second-order valence-corrected chi connectivity index (χ2v) is 20.6. The first-order chi connectivity index (χ1) is 22.8. The molecule has 0 amide bonds. The molecule has 0 aromatic heterocycles. The average Bonchev–Trinajstić information content (AvgIpc) is 3.02. The molecule has 5 aromatic rings. The minimum atomic E-state index is -0.948. The van der Waals surface area contributed by atoms with E-state index in [0.717, 1.165) is 12.8 Å². The number of hydrogen-bond donors (Lipinski definition) is 0. The molecule has 5 aromatic carbocycles. The lowest BCUT2D eigenvalue weighted by Gasteiger charge is -2.32. The summed E-state index contributed by atoms with van der Waals surface area (Å²) in [6, 6.07) is 38.2. The van der Waals surface area contributed by atoms with E-state index in [9.17, 15) is 0 Å². The van der Waals surface area contributed by atoms with Gasteiger partial charge in [-0.05, 0) is 114 Å².